The molecule has 1 nitrogen and oxygen atoms in total. The molecule has 0 radical (unpaired) electrons. The van der Waals surface area contributed by atoms with E-state index in [-0.39, 0.29) is 0 Å². The third kappa shape index (κ3) is 1.96. The van der Waals surface area contributed by atoms with Crippen molar-refractivity contribution in [2.24, 2.45) is 0 Å². The molecule has 1 aromatic rings. The van der Waals surface area contributed by atoms with Gasteiger partial charge in [0.15, 0.2) is 0 Å². The summed E-state index contributed by atoms with van der Waals surface area (Å²) in [5.41, 5.74) is 1.93. The molecule has 0 aliphatic heterocycles. The molecule has 0 N–H and O–H groups in total. The van der Waals surface area contributed by atoms with Gasteiger partial charge in [0.2, 0.25) is 0 Å². The molecule has 56 valence electrons. The van der Waals surface area contributed by atoms with Gasteiger partial charge in [0.25, 0.3) is 0 Å². The lowest BCUT2D eigenvalue weighted by molar-refractivity contribution is 1.08. The van der Waals surface area contributed by atoms with Gasteiger partial charge in [-0.2, -0.15) is 0 Å². The summed E-state index contributed by atoms with van der Waals surface area (Å²) in [6.07, 6.45) is 7.43. The van der Waals surface area contributed by atoms with Crippen LogP contribution in [0, 0.1) is 12.3 Å². The van der Waals surface area contributed by atoms with Gasteiger partial charge in [-0.3, -0.25) is 4.98 Å². The maximum Gasteiger partial charge on any atom is 0.0566 e. The van der Waals surface area contributed by atoms with Crippen molar-refractivity contribution in [3.63, 3.8) is 0 Å². The molecule has 11 heavy (non-hydrogen) atoms. The fourth-order valence-corrected chi connectivity index (χ4v) is 1.09. The van der Waals surface area contributed by atoms with Gasteiger partial charge in [-0.25, -0.2) is 0 Å². The molecule has 1 rings (SSSR count). The summed E-state index contributed by atoms with van der Waals surface area (Å²) < 4.78 is 0. The molecule has 0 aliphatic carbocycles. The van der Waals surface area contributed by atoms with Crippen LogP contribution in [0.4, 0.5) is 0 Å². The Kier molecular flexibility index (Phi) is 2.95. The molecular weight excluding hydrogens is 158 g/mol. The SMILES string of the molecule is C#CCc1ncccc1CCl. The second-order valence-electron chi connectivity index (χ2n) is 2.12. The number of pyridine rings is 1. The Morgan fingerprint density at radius 3 is 3.09 bits per heavy atom. The number of hydrogen-bond acceptors (Lipinski definition) is 1. The summed E-state index contributed by atoms with van der Waals surface area (Å²) in [7, 11) is 0. The Hall–Kier alpha value is -1.00. The first-order valence-electron chi connectivity index (χ1n) is 3.30. The molecule has 0 spiro atoms. The highest BCUT2D eigenvalue weighted by Crippen LogP contribution is 2.08. The van der Waals surface area contributed by atoms with E-state index in [1.807, 2.05) is 12.1 Å². The lowest BCUT2D eigenvalue weighted by Crippen LogP contribution is -1.93. The Labute approximate surface area is 71.4 Å². The summed E-state index contributed by atoms with van der Waals surface area (Å²) >= 11 is 5.66. The van der Waals surface area contributed by atoms with Gasteiger partial charge in [-0.05, 0) is 11.6 Å². The Balaban J connectivity index is 2.94. The van der Waals surface area contributed by atoms with Crippen LogP contribution in [0.5, 0.6) is 0 Å². The van der Waals surface area contributed by atoms with Crippen LogP contribution in [0.1, 0.15) is 11.3 Å². The zero-order chi connectivity index (χ0) is 8.10. The van der Waals surface area contributed by atoms with Crippen LogP contribution in [0.3, 0.4) is 0 Å². The second-order valence-corrected chi connectivity index (χ2v) is 2.39. The molecule has 1 aromatic heterocycles. The van der Waals surface area contributed by atoms with Crippen molar-refractivity contribution >= 4 is 11.6 Å². The van der Waals surface area contributed by atoms with E-state index in [2.05, 4.69) is 10.9 Å². The second kappa shape index (κ2) is 4.00. The number of terminal acetylenes is 1. The van der Waals surface area contributed by atoms with Crippen LogP contribution >= 0.6 is 11.6 Å². The van der Waals surface area contributed by atoms with Gasteiger partial charge < -0.3 is 0 Å². The highest BCUT2D eigenvalue weighted by molar-refractivity contribution is 6.17. The first kappa shape index (κ1) is 8.10. The summed E-state index contributed by atoms with van der Waals surface area (Å²) in [5, 5.41) is 0. The average Bonchev–Trinajstić information content (AvgIpc) is 2.06. The molecule has 0 aliphatic rings. The molecule has 0 unspecified atom stereocenters. The van der Waals surface area contributed by atoms with Gasteiger partial charge in [0, 0.05) is 12.1 Å². The van der Waals surface area contributed by atoms with Crippen LogP contribution in [0.25, 0.3) is 0 Å². The number of aromatic nitrogens is 1. The summed E-state index contributed by atoms with van der Waals surface area (Å²) in [6, 6.07) is 3.80. The largest absolute Gasteiger partial charge is 0.260 e. The van der Waals surface area contributed by atoms with Crippen molar-refractivity contribution in [1.82, 2.24) is 4.98 Å². The van der Waals surface area contributed by atoms with E-state index in [0.717, 1.165) is 11.3 Å². The number of halogens is 1. The number of alkyl halides is 1. The Bertz CT molecular complexity index is 275. The Morgan fingerprint density at radius 1 is 1.64 bits per heavy atom. The van der Waals surface area contributed by atoms with Crippen molar-refractivity contribution in [3.8, 4) is 12.3 Å². The lowest BCUT2D eigenvalue weighted by Gasteiger charge is -1.99. The molecule has 2 heteroatoms. The minimum absolute atomic E-state index is 0.477. The topological polar surface area (TPSA) is 12.9 Å². The van der Waals surface area contributed by atoms with Gasteiger partial charge in [-0.15, -0.1) is 23.9 Å². The lowest BCUT2D eigenvalue weighted by atomic mass is 10.2. The fraction of sp³-hybridized carbons (Fsp3) is 0.222. The molecule has 0 bridgehead atoms. The van der Waals surface area contributed by atoms with E-state index >= 15 is 0 Å². The van der Waals surface area contributed by atoms with Crippen molar-refractivity contribution in [2.45, 2.75) is 12.3 Å². The van der Waals surface area contributed by atoms with Gasteiger partial charge in [0.05, 0.1) is 12.1 Å². The zero-order valence-corrected chi connectivity index (χ0v) is 6.80. The molecule has 0 amide bonds. The molecule has 0 atom stereocenters. The van der Waals surface area contributed by atoms with E-state index in [0.29, 0.717) is 12.3 Å². The zero-order valence-electron chi connectivity index (χ0n) is 6.05. The minimum Gasteiger partial charge on any atom is -0.260 e. The smallest absolute Gasteiger partial charge is 0.0566 e. The van der Waals surface area contributed by atoms with Crippen LogP contribution in [-0.2, 0) is 12.3 Å². The van der Waals surface area contributed by atoms with Gasteiger partial charge in [0.1, 0.15) is 0 Å². The maximum atomic E-state index is 5.66. The minimum atomic E-state index is 0.477. The highest BCUT2D eigenvalue weighted by atomic mass is 35.5. The summed E-state index contributed by atoms with van der Waals surface area (Å²) in [5.74, 6) is 3.01. The maximum absolute atomic E-state index is 5.66. The van der Waals surface area contributed by atoms with Crippen LogP contribution in [0.2, 0.25) is 0 Å². The predicted molar refractivity (Wildman–Crippen MR) is 46.3 cm³/mol. The quantitative estimate of drug-likeness (QED) is 0.483. The average molecular weight is 166 g/mol. The molecule has 0 saturated heterocycles. The van der Waals surface area contributed by atoms with Gasteiger partial charge in [-0.1, -0.05) is 6.07 Å². The first-order valence-corrected chi connectivity index (χ1v) is 3.84. The molecule has 0 saturated carbocycles. The first-order chi connectivity index (χ1) is 5.38. The van der Waals surface area contributed by atoms with E-state index in [1.54, 1.807) is 6.20 Å². The van der Waals surface area contributed by atoms with Crippen molar-refractivity contribution in [2.75, 3.05) is 0 Å². The van der Waals surface area contributed by atoms with Crippen molar-refractivity contribution < 1.29 is 0 Å². The standard InChI is InChI=1S/C9H8ClN/c1-2-4-9-8(7-10)5-3-6-11-9/h1,3,5-6H,4,7H2. The Morgan fingerprint density at radius 2 is 2.45 bits per heavy atom. The van der Waals surface area contributed by atoms with Gasteiger partial charge >= 0.3 is 0 Å². The van der Waals surface area contributed by atoms with E-state index in [9.17, 15) is 0 Å². The number of rotatable bonds is 2. The van der Waals surface area contributed by atoms with Crippen LogP contribution in [-0.4, -0.2) is 4.98 Å². The van der Waals surface area contributed by atoms with Crippen LogP contribution < -0.4 is 0 Å². The summed E-state index contributed by atoms with van der Waals surface area (Å²) in [4.78, 5) is 4.11. The molecular formula is C9H8ClN. The van der Waals surface area contributed by atoms with E-state index in [4.69, 9.17) is 18.0 Å². The third-order valence-electron chi connectivity index (χ3n) is 1.40. The highest BCUT2D eigenvalue weighted by Gasteiger charge is 1.98. The predicted octanol–water partition coefficient (Wildman–Crippen LogP) is 2.00. The molecule has 0 aromatic carbocycles. The van der Waals surface area contributed by atoms with Crippen molar-refractivity contribution in [3.05, 3.63) is 29.6 Å². The third-order valence-corrected chi connectivity index (χ3v) is 1.69. The van der Waals surface area contributed by atoms with Crippen molar-refractivity contribution in [1.29, 1.82) is 0 Å². The molecule has 1 heterocycles. The normalized spacial score (nSPS) is 9.09. The van der Waals surface area contributed by atoms with E-state index in [1.165, 1.54) is 0 Å². The van der Waals surface area contributed by atoms with E-state index < -0.39 is 0 Å². The summed E-state index contributed by atoms with van der Waals surface area (Å²) in [6.45, 7) is 0. The number of nitrogens with zero attached hydrogens (tertiary/aromatic N) is 1. The fourth-order valence-electron chi connectivity index (χ4n) is 0.849. The monoisotopic (exact) mass is 165 g/mol. The molecule has 0 fully saturated rings. The van der Waals surface area contributed by atoms with Crippen LogP contribution in [0.15, 0.2) is 18.3 Å². The number of hydrogen-bond donors (Lipinski definition) is 0.